The molecule has 22 aliphatic heterocycles. The molecule has 133 heavy (non-hydrogen) atoms. The maximum Gasteiger partial charge on any atom is 0.187 e. The van der Waals surface area contributed by atoms with E-state index in [0.717, 1.165) is 0 Å². The highest BCUT2D eigenvalue weighted by Crippen LogP contribution is 2.40. The Morgan fingerprint density at radius 1 is 0.158 bits per heavy atom. The van der Waals surface area contributed by atoms with Crippen LogP contribution in [-0.4, -0.2) is 642 Å². The normalized spacial score (nSPS) is 42.9. The Bertz CT molecular complexity index is 2670. The van der Waals surface area contributed by atoms with Crippen molar-refractivity contribution in [3.8, 4) is 0 Å². The van der Waals surface area contributed by atoms with Crippen LogP contribution in [0.4, 0.5) is 0 Å². The van der Waals surface area contributed by atoms with Gasteiger partial charge in [0.05, 0.1) is 92.5 Å². The quantitative estimate of drug-likeness (QED) is 0.0262. The number of nitrogens with zero attached hydrogens (tertiary/aromatic N) is 7. The third-order valence-corrected chi connectivity index (χ3v) is 27.9. The van der Waals surface area contributed by atoms with Crippen LogP contribution in [-0.2, 0) is 99.5 Å². The van der Waals surface area contributed by atoms with E-state index >= 15 is 0 Å². The Morgan fingerprint density at radius 3 is 0.383 bits per heavy atom. The number of fused-ring (bicyclic) bond motifs is 7. The van der Waals surface area contributed by atoms with Crippen LogP contribution in [0.5, 0.6) is 0 Å². The van der Waals surface area contributed by atoms with Crippen LogP contribution in [0.3, 0.4) is 0 Å². The van der Waals surface area contributed by atoms with Gasteiger partial charge in [-0.25, -0.2) is 0 Å². The molecule has 49 heteroatoms. The fourth-order valence-corrected chi connectivity index (χ4v) is 19.7. The molecule has 35 atom stereocenters. The van der Waals surface area contributed by atoms with E-state index in [2.05, 4.69) is 71.5 Å². The van der Waals surface area contributed by atoms with Crippen LogP contribution in [0.15, 0.2) is 0 Å². The predicted molar refractivity (Wildman–Crippen MR) is 460 cm³/mol. The molecule has 22 heterocycles. The Kier molecular flexibility index (Phi) is 42.4. The number of rotatable bonds is 35. The molecule has 1 unspecified atom stereocenters. The summed E-state index contributed by atoms with van der Waals surface area (Å²) >= 11 is 0. The third kappa shape index (κ3) is 29.0. The smallest absolute Gasteiger partial charge is 0.187 e. The number of nitrogens with one attached hydrogen (secondary N) is 7. The SMILES string of the molecule is OC1[C@H]2O[C@H]3[C@H](O)[C@@H](O)[C@@H](O[C@H]4[C@H](O)[C@@H](O)[C@@H](O[C@H]5[C@H](O)[C@@H](O)[C@@H](O[C@H]6[C@H](O)[C@@H](O)[C@@H](O[C@H]7[C@H](O)[C@@H](O)[C@@H](O[C@H]8[C@H](O)[C@@H](O)[C@@H](O[C@@H]([C@@H]1O)[C@@H](CNCCN1CCOCC1)O2)O[C@@H]8CNCCN1CCOCC1)O[C@@H]7CNCCN1CCOCC1)O[C@@H]6CNCCN1CCOCC1)O[C@@H]5CNCCN1CCOCC1)O[C@@H]4CNCCN1CCOCC1)O[C@@H]3CNCCN1CCOCC1. The summed E-state index contributed by atoms with van der Waals surface area (Å²) in [5, 5.41) is 201. The van der Waals surface area contributed by atoms with Crippen LogP contribution in [0, 0.1) is 0 Å². The molecule has 0 saturated carbocycles. The molecular weight excluding hydrogens is 1760 g/mol. The number of aliphatic hydroxyl groups excluding tert-OH is 14. The van der Waals surface area contributed by atoms with E-state index in [9.17, 15) is 71.5 Å². The average molecular weight is 1920 g/mol. The van der Waals surface area contributed by atoms with E-state index in [-0.39, 0.29) is 45.8 Å². The van der Waals surface area contributed by atoms with E-state index < -0.39 is 215 Å². The molecule has 0 radical (unpaired) electrons. The van der Waals surface area contributed by atoms with E-state index in [1.807, 2.05) is 0 Å². The molecule has 0 aliphatic carbocycles. The summed E-state index contributed by atoms with van der Waals surface area (Å²) in [6.45, 7) is 22.0. The molecule has 14 bridgehead atoms. The first-order valence-electron chi connectivity index (χ1n) is 48.5. The average Bonchev–Trinajstić information content (AvgIpc) is 0.862. The summed E-state index contributed by atoms with van der Waals surface area (Å²) in [6.07, 6.45) is -62.0. The first-order chi connectivity index (χ1) is 64.8. The van der Waals surface area contributed by atoms with Crippen molar-refractivity contribution in [2.45, 2.75) is 215 Å². The minimum Gasteiger partial charge on any atom is -0.387 e. The molecule has 22 aliphatic rings. The van der Waals surface area contributed by atoms with Gasteiger partial charge < -0.3 is 208 Å². The first kappa shape index (κ1) is 105. The highest BCUT2D eigenvalue weighted by Gasteiger charge is 2.60. The van der Waals surface area contributed by atoms with Gasteiger partial charge >= 0.3 is 0 Å². The van der Waals surface area contributed by atoms with Gasteiger partial charge in [-0.05, 0) is 0 Å². The minimum atomic E-state index is -2.06. The lowest BCUT2D eigenvalue weighted by atomic mass is 9.94. The summed E-state index contributed by atoms with van der Waals surface area (Å²) in [7, 11) is 0. The summed E-state index contributed by atoms with van der Waals surface area (Å²) in [5.74, 6) is 0. The molecule has 0 aromatic rings. The molecule has 22 saturated heterocycles. The highest BCUT2D eigenvalue weighted by atomic mass is 16.8. The predicted octanol–water partition coefficient (Wildman–Crippen LogP) is -15.7. The maximum atomic E-state index is 12.7. The minimum absolute atomic E-state index is 0.128. The molecule has 0 amide bonds. The zero-order chi connectivity index (χ0) is 92.7. The number of hydrogen-bond acceptors (Lipinski definition) is 49. The van der Waals surface area contributed by atoms with Crippen molar-refractivity contribution in [1.29, 1.82) is 0 Å². The topological polar surface area (TPSA) is 584 Å². The summed E-state index contributed by atoms with van der Waals surface area (Å²) in [4.78, 5) is 15.3. The first-order valence-corrected chi connectivity index (χ1v) is 48.5. The molecule has 49 nitrogen and oxygen atoms in total. The van der Waals surface area contributed by atoms with Gasteiger partial charge in [0.15, 0.2) is 44.0 Å². The van der Waals surface area contributed by atoms with Crippen LogP contribution in [0.2, 0.25) is 0 Å². The lowest BCUT2D eigenvalue weighted by Gasteiger charge is -2.50. The summed E-state index contributed by atoms with van der Waals surface area (Å²) < 4.78 is 133. The summed E-state index contributed by atoms with van der Waals surface area (Å²) in [5.41, 5.74) is 0. The monoisotopic (exact) mass is 1920 g/mol. The Balaban J connectivity index is 0.767. The molecule has 21 N–H and O–H groups in total. The van der Waals surface area contributed by atoms with Crippen LogP contribution < -0.4 is 37.2 Å². The highest BCUT2D eigenvalue weighted by molar-refractivity contribution is 5.04. The molecular formula is C84H154N14O35. The molecule has 0 aromatic heterocycles. The van der Waals surface area contributed by atoms with Gasteiger partial charge in [0.25, 0.3) is 0 Å². The van der Waals surface area contributed by atoms with Crippen LogP contribution in [0.25, 0.3) is 0 Å². The fourth-order valence-electron chi connectivity index (χ4n) is 19.7. The molecule has 22 fully saturated rings. The standard InChI is InChI=1S/C84H154N14O35/c99-57-64(106)78-120-50(43-85-1-8-92-15-29-113-30-16-92)71(57)127-79-65(107)58(100)73(52(121-79)45-87-3-10-94-19-33-115-34-20-94)129-81-67(109)60(102)75(54(123-81)47-89-5-12-96-23-37-117-38-24-96)131-83-69(111)62(104)77(56(125-83)49-91-7-14-98-27-41-119-42-28-98)133-84-70(112)63(105)76(55(126-84)48-90-6-13-97-25-39-118-40-26-97)132-82-68(110)61(103)74(53(124-82)46-88-4-11-95-21-35-116-36-22-95)130-80-66(108)59(101)72(128-78)51(122-80)44-86-2-9-93-17-31-114-32-18-93/h50-91,99-112H,1-49H2/t50-,51-,52-,53-,54-,55-,56-,57-,58-,59-,60-,61-,62-,63-,64-,65-,66-,67-,68-,69-,70?,71-,72-,73-,74-,75-,76-,77-,78-,79-,80-,81-,82-,83-,84-/m1/s1. The zero-order valence-electron chi connectivity index (χ0n) is 76.3. The zero-order valence-corrected chi connectivity index (χ0v) is 76.3. The van der Waals surface area contributed by atoms with Crippen molar-refractivity contribution in [3.63, 3.8) is 0 Å². The van der Waals surface area contributed by atoms with Gasteiger partial charge in [0.1, 0.15) is 171 Å². The molecule has 0 spiro atoms. The maximum absolute atomic E-state index is 12.7. The van der Waals surface area contributed by atoms with E-state index in [1.165, 1.54) is 0 Å². The van der Waals surface area contributed by atoms with Gasteiger partial charge in [-0.3, -0.25) is 34.3 Å². The molecule has 770 valence electrons. The summed E-state index contributed by atoms with van der Waals surface area (Å²) in [6, 6.07) is 0. The van der Waals surface area contributed by atoms with Crippen molar-refractivity contribution in [3.05, 3.63) is 0 Å². The number of ether oxygens (including phenoxy) is 21. The lowest BCUT2D eigenvalue weighted by Crippen LogP contribution is -2.69. The van der Waals surface area contributed by atoms with Gasteiger partial charge in [-0.15, -0.1) is 0 Å². The van der Waals surface area contributed by atoms with Gasteiger partial charge in [-0.1, -0.05) is 0 Å². The molecule has 0 aromatic carbocycles. The van der Waals surface area contributed by atoms with Crippen molar-refractivity contribution in [2.75, 3.05) is 322 Å². The van der Waals surface area contributed by atoms with Crippen LogP contribution in [0.1, 0.15) is 0 Å². The Morgan fingerprint density at radius 2 is 0.271 bits per heavy atom. The lowest BCUT2D eigenvalue weighted by molar-refractivity contribution is -0.392. The van der Waals surface area contributed by atoms with Crippen molar-refractivity contribution < 1.29 is 171 Å². The second kappa shape index (κ2) is 53.6. The Labute approximate surface area is 776 Å². The van der Waals surface area contributed by atoms with Crippen LogP contribution >= 0.6 is 0 Å². The Hall–Kier alpha value is -1.96. The van der Waals surface area contributed by atoms with E-state index in [1.54, 1.807) is 0 Å². The van der Waals surface area contributed by atoms with Gasteiger partial charge in [-0.2, -0.15) is 0 Å². The second-order valence-electron chi connectivity index (χ2n) is 37.0. The second-order valence-corrected chi connectivity index (χ2v) is 37.0. The van der Waals surface area contributed by atoms with E-state index in [0.29, 0.717) is 276 Å². The molecule has 22 rings (SSSR count). The number of aliphatic hydroxyl groups is 14. The third-order valence-electron chi connectivity index (χ3n) is 27.9. The van der Waals surface area contributed by atoms with Crippen molar-refractivity contribution >= 4 is 0 Å². The van der Waals surface area contributed by atoms with Gasteiger partial charge in [0.2, 0.25) is 0 Å². The van der Waals surface area contributed by atoms with Gasteiger partial charge in [0, 0.05) is 229 Å². The largest absolute Gasteiger partial charge is 0.387 e. The number of hydrogen-bond donors (Lipinski definition) is 21. The van der Waals surface area contributed by atoms with E-state index in [4.69, 9.17) is 99.5 Å². The van der Waals surface area contributed by atoms with Crippen molar-refractivity contribution in [1.82, 2.24) is 71.5 Å². The van der Waals surface area contributed by atoms with Crippen molar-refractivity contribution in [2.24, 2.45) is 0 Å². The fraction of sp³-hybridized carbons (Fsp3) is 1.00. The number of morpholine rings is 7.